The van der Waals surface area contributed by atoms with Crippen molar-refractivity contribution < 1.29 is 73.9 Å². The smallest absolute Gasteiger partial charge is 0.465 e. The average molecular weight is 221 g/mol. The van der Waals surface area contributed by atoms with Crippen LogP contribution in [0.15, 0.2) is 0 Å². The maximum Gasteiger partial charge on any atom is 1.00 e. The van der Waals surface area contributed by atoms with Crippen molar-refractivity contribution in [1.29, 1.82) is 0 Å². The number of ether oxygens (including phenoxy) is 1. The Morgan fingerprint density at radius 3 is 2.25 bits per heavy atom. The summed E-state index contributed by atoms with van der Waals surface area (Å²) in [5.41, 5.74) is 0. The molecule has 0 heterocycles. The van der Waals surface area contributed by atoms with Crippen LogP contribution in [0.5, 0.6) is 0 Å². The van der Waals surface area contributed by atoms with Gasteiger partial charge >= 0.3 is 57.4 Å². The van der Waals surface area contributed by atoms with Crippen LogP contribution in [-0.4, -0.2) is 30.8 Å². The van der Waals surface area contributed by atoms with Crippen LogP contribution in [0.3, 0.4) is 0 Å². The molecule has 1 unspecified atom stereocenters. The molecule has 0 radical (unpaired) electrons. The van der Waals surface area contributed by atoms with E-state index in [1.807, 2.05) is 0 Å². The summed E-state index contributed by atoms with van der Waals surface area (Å²) < 4.78 is 33.3. The second kappa shape index (κ2) is 6.47. The topological polar surface area (TPSA) is 80.7 Å². The molecule has 0 rings (SSSR count). The van der Waals surface area contributed by atoms with E-state index in [0.29, 0.717) is 0 Å². The second-order valence-corrected chi connectivity index (χ2v) is 3.65. The molecule has 0 aromatic heterocycles. The van der Waals surface area contributed by atoms with Crippen LogP contribution in [0.1, 0.15) is 13.8 Å². The first kappa shape index (κ1) is 15.5. The number of rotatable bonds is 3. The molecule has 0 fully saturated rings. The van der Waals surface area contributed by atoms with Gasteiger partial charge in [0, 0.05) is 0 Å². The number of hydrogen-bond acceptors (Lipinski definition) is 4. The van der Waals surface area contributed by atoms with E-state index in [0.717, 1.165) is 6.92 Å². The molecule has 0 aliphatic rings. The molecule has 1 atom stereocenters. The van der Waals surface area contributed by atoms with Crippen molar-refractivity contribution >= 4 is 16.1 Å². The molecule has 66 valence electrons. The fourth-order valence-corrected chi connectivity index (χ4v) is 0.692. The van der Waals surface area contributed by atoms with Gasteiger partial charge < -0.3 is 4.74 Å². The number of carbonyl (C=O) groups is 1. The van der Waals surface area contributed by atoms with E-state index in [1.165, 1.54) is 0 Å². The van der Waals surface area contributed by atoms with E-state index >= 15 is 0 Å². The fraction of sp³-hybridized carbons (Fsp3) is 0.800. The molecule has 7 heteroatoms. The fourth-order valence-electron chi connectivity index (χ4n) is 0.381. The molecule has 0 amide bonds. The summed E-state index contributed by atoms with van der Waals surface area (Å²) in [6.07, 6.45) is 0. The van der Waals surface area contributed by atoms with Gasteiger partial charge in [0.2, 0.25) is 0 Å². The van der Waals surface area contributed by atoms with Crippen molar-refractivity contribution in [2.75, 3.05) is 6.61 Å². The van der Waals surface area contributed by atoms with Gasteiger partial charge in [-0.05, 0) is 13.8 Å². The molecular weight excluding hydrogens is 211 g/mol. The van der Waals surface area contributed by atoms with Crippen molar-refractivity contribution in [3.63, 3.8) is 0 Å². The molecule has 0 saturated heterocycles. The van der Waals surface area contributed by atoms with E-state index in [9.17, 15) is 13.2 Å². The Hall–Kier alpha value is 1.02. The van der Waals surface area contributed by atoms with Gasteiger partial charge in [0.05, 0.1) is 6.61 Å². The van der Waals surface area contributed by atoms with Gasteiger partial charge in [0.15, 0.2) is 5.25 Å². The zero-order chi connectivity index (χ0) is 9.07. The first-order valence-corrected chi connectivity index (χ1v) is 4.52. The van der Waals surface area contributed by atoms with E-state index in [4.69, 9.17) is 4.55 Å². The third-order valence-corrected chi connectivity index (χ3v) is 2.15. The molecule has 1 N–H and O–H groups in total. The second-order valence-electron chi connectivity index (χ2n) is 1.91. The van der Waals surface area contributed by atoms with Crippen molar-refractivity contribution in [3.05, 3.63) is 0 Å². The van der Waals surface area contributed by atoms with Crippen LogP contribution in [0.2, 0.25) is 0 Å². The van der Waals surface area contributed by atoms with Crippen molar-refractivity contribution in [2.24, 2.45) is 0 Å². The van der Waals surface area contributed by atoms with E-state index in [2.05, 4.69) is 4.74 Å². The van der Waals surface area contributed by atoms with Gasteiger partial charge in [-0.25, -0.2) is 0 Å². The summed E-state index contributed by atoms with van der Waals surface area (Å²) in [5.74, 6) is -0.935. The Morgan fingerprint density at radius 1 is 1.58 bits per heavy atom. The quantitative estimate of drug-likeness (QED) is 0.309. The predicted octanol–water partition coefficient (Wildman–Crippen LogP) is -3.17. The first-order valence-electron chi connectivity index (χ1n) is 3.02. The van der Waals surface area contributed by atoms with Gasteiger partial charge in [0.25, 0.3) is 10.1 Å². The SMILES string of the molecule is CCOC(=O)C(C)S(=O)(=O)O.[K+]. The Morgan fingerprint density at radius 2 is 2.00 bits per heavy atom. The summed E-state index contributed by atoms with van der Waals surface area (Å²) in [5, 5.41) is -1.50. The molecular formula is C5H10KO5S+. The van der Waals surface area contributed by atoms with Crippen LogP contribution >= 0.6 is 0 Å². The van der Waals surface area contributed by atoms with Gasteiger partial charge in [0.1, 0.15) is 0 Å². The molecule has 0 aliphatic carbocycles. The van der Waals surface area contributed by atoms with Crippen LogP contribution in [-0.2, 0) is 19.6 Å². The van der Waals surface area contributed by atoms with Gasteiger partial charge in [-0.1, -0.05) is 0 Å². The van der Waals surface area contributed by atoms with Crippen molar-refractivity contribution in [1.82, 2.24) is 0 Å². The molecule has 5 nitrogen and oxygen atoms in total. The third kappa shape index (κ3) is 5.63. The first-order chi connectivity index (χ1) is 4.89. The van der Waals surface area contributed by atoms with Crippen LogP contribution in [0.25, 0.3) is 0 Å². The Kier molecular flexibility index (Phi) is 8.35. The van der Waals surface area contributed by atoms with Crippen LogP contribution in [0.4, 0.5) is 0 Å². The van der Waals surface area contributed by atoms with Gasteiger partial charge in [-0.2, -0.15) is 8.42 Å². The molecule has 0 saturated carbocycles. The van der Waals surface area contributed by atoms with Crippen LogP contribution < -0.4 is 51.4 Å². The number of esters is 1. The van der Waals surface area contributed by atoms with Gasteiger partial charge in [-0.15, -0.1) is 0 Å². The summed E-state index contributed by atoms with van der Waals surface area (Å²) in [6, 6.07) is 0. The minimum Gasteiger partial charge on any atom is -0.465 e. The van der Waals surface area contributed by atoms with E-state index in [-0.39, 0.29) is 58.0 Å². The maximum atomic E-state index is 10.6. The minimum absolute atomic E-state index is 0. The largest absolute Gasteiger partial charge is 1.00 e. The zero-order valence-electron chi connectivity index (χ0n) is 7.27. The minimum atomic E-state index is -4.30. The zero-order valence-corrected chi connectivity index (χ0v) is 11.2. The summed E-state index contributed by atoms with van der Waals surface area (Å²) >= 11 is 0. The molecule has 0 aliphatic heterocycles. The number of hydrogen-bond donors (Lipinski definition) is 1. The Balaban J connectivity index is 0. The molecule has 0 aromatic rings. The van der Waals surface area contributed by atoms with Gasteiger partial charge in [-0.3, -0.25) is 9.35 Å². The molecule has 0 bridgehead atoms. The standard InChI is InChI=1S/C5H10O5S.K/c1-3-10-5(6)4(2)11(7,8)9;/h4H,3H2,1-2H3,(H,7,8,9);/q;+1. The predicted molar refractivity (Wildman–Crippen MR) is 37.6 cm³/mol. The Labute approximate surface area is 114 Å². The molecule has 12 heavy (non-hydrogen) atoms. The Bertz CT molecular complexity index is 234. The monoisotopic (exact) mass is 221 g/mol. The normalized spacial score (nSPS) is 12.9. The number of carbonyl (C=O) groups excluding carboxylic acids is 1. The molecule has 0 spiro atoms. The summed E-state index contributed by atoms with van der Waals surface area (Å²) in [7, 11) is -4.30. The van der Waals surface area contributed by atoms with Crippen molar-refractivity contribution in [3.8, 4) is 0 Å². The summed E-state index contributed by atoms with van der Waals surface area (Å²) in [4.78, 5) is 10.6. The van der Waals surface area contributed by atoms with E-state index < -0.39 is 21.3 Å². The summed E-state index contributed by atoms with van der Waals surface area (Å²) in [6.45, 7) is 2.71. The van der Waals surface area contributed by atoms with Crippen LogP contribution in [0, 0.1) is 0 Å². The molecule has 0 aromatic carbocycles. The maximum absolute atomic E-state index is 10.6. The average Bonchev–Trinajstić information content (AvgIpc) is 1.85. The van der Waals surface area contributed by atoms with E-state index in [1.54, 1.807) is 6.92 Å². The third-order valence-electron chi connectivity index (χ3n) is 1.07. The van der Waals surface area contributed by atoms with Crippen molar-refractivity contribution in [2.45, 2.75) is 19.1 Å².